The molecule has 6 nitrogen and oxygen atoms in total. The maximum atomic E-state index is 12.7. The molecule has 1 N–H and O–H groups in total. The van der Waals surface area contributed by atoms with E-state index in [2.05, 4.69) is 5.32 Å². The number of hydrogen-bond donors (Lipinski definition) is 1. The number of benzene rings is 1. The van der Waals surface area contributed by atoms with Crippen molar-refractivity contribution in [3.05, 3.63) is 23.8 Å². The molecule has 6 heteroatoms. The summed E-state index contributed by atoms with van der Waals surface area (Å²) in [5.74, 6) is 1.29. The van der Waals surface area contributed by atoms with Gasteiger partial charge in [-0.2, -0.15) is 0 Å². The molecule has 1 aliphatic carbocycles. The van der Waals surface area contributed by atoms with E-state index in [9.17, 15) is 9.59 Å². The average molecular weight is 403 g/mol. The number of carbonyl (C=O) groups is 2. The van der Waals surface area contributed by atoms with Crippen molar-refractivity contribution < 1.29 is 19.1 Å². The fourth-order valence-corrected chi connectivity index (χ4v) is 4.24. The van der Waals surface area contributed by atoms with Gasteiger partial charge in [0.25, 0.3) is 5.91 Å². The second-order valence-electron chi connectivity index (χ2n) is 8.20. The van der Waals surface area contributed by atoms with E-state index in [4.69, 9.17) is 9.47 Å². The molecule has 1 saturated heterocycles. The van der Waals surface area contributed by atoms with Crippen LogP contribution in [-0.4, -0.2) is 49.1 Å². The van der Waals surface area contributed by atoms with Crippen molar-refractivity contribution >= 4 is 11.8 Å². The maximum Gasteiger partial charge on any atom is 0.251 e. The van der Waals surface area contributed by atoms with Gasteiger partial charge in [-0.1, -0.05) is 32.1 Å². The van der Waals surface area contributed by atoms with Crippen LogP contribution in [0.25, 0.3) is 0 Å². The normalized spacial score (nSPS) is 19.2. The van der Waals surface area contributed by atoms with Crippen molar-refractivity contribution in [2.24, 2.45) is 0 Å². The second-order valence-corrected chi connectivity index (χ2v) is 8.20. The smallest absolute Gasteiger partial charge is 0.251 e. The van der Waals surface area contributed by atoms with Crippen molar-refractivity contribution in [2.75, 3.05) is 20.2 Å². The molecule has 0 atom stereocenters. The number of amides is 2. The number of ether oxygens (including phenoxy) is 2. The number of rotatable bonds is 5. The summed E-state index contributed by atoms with van der Waals surface area (Å²) in [6.45, 7) is 3.03. The van der Waals surface area contributed by atoms with Crippen molar-refractivity contribution in [3.8, 4) is 11.5 Å². The first-order chi connectivity index (χ1) is 14.1. The predicted octanol–water partition coefficient (Wildman–Crippen LogP) is 3.93. The minimum Gasteiger partial charge on any atom is -0.493 e. The van der Waals surface area contributed by atoms with Gasteiger partial charge >= 0.3 is 0 Å². The van der Waals surface area contributed by atoms with E-state index in [1.807, 2.05) is 11.0 Å². The summed E-state index contributed by atoms with van der Waals surface area (Å²) >= 11 is 0. The Hall–Kier alpha value is -2.24. The van der Waals surface area contributed by atoms with Gasteiger partial charge in [-0.25, -0.2) is 0 Å². The SMILES string of the molecule is COc1cc(C(=O)NC2CCCCCCC2)ccc1OC1CCN(C(C)=O)CC1. The van der Waals surface area contributed by atoms with Crippen LogP contribution in [0.1, 0.15) is 75.1 Å². The standard InChI is InChI=1S/C23H34N2O4/c1-17(26)25-14-12-20(13-15-25)29-21-11-10-18(16-22(21)28-2)23(27)24-19-8-6-4-3-5-7-9-19/h10-11,16,19-20H,3-9,12-15H2,1-2H3,(H,24,27). The number of piperidine rings is 1. The van der Waals surface area contributed by atoms with Gasteiger partial charge in [-0.05, 0) is 31.0 Å². The van der Waals surface area contributed by atoms with Crippen molar-refractivity contribution in [1.29, 1.82) is 0 Å². The molecule has 0 aromatic heterocycles. The lowest BCUT2D eigenvalue weighted by Gasteiger charge is -2.31. The van der Waals surface area contributed by atoms with Gasteiger partial charge in [-0.15, -0.1) is 0 Å². The third-order valence-electron chi connectivity index (χ3n) is 6.05. The molecule has 1 aromatic carbocycles. The van der Waals surface area contributed by atoms with Crippen molar-refractivity contribution in [1.82, 2.24) is 10.2 Å². The predicted molar refractivity (Wildman–Crippen MR) is 112 cm³/mol. The number of methoxy groups -OCH3 is 1. The minimum absolute atomic E-state index is 0.0461. The molecule has 29 heavy (non-hydrogen) atoms. The van der Waals surface area contributed by atoms with Gasteiger partial charge in [-0.3, -0.25) is 9.59 Å². The van der Waals surface area contributed by atoms with Crippen LogP contribution in [0, 0.1) is 0 Å². The second kappa shape index (κ2) is 10.5. The molecular weight excluding hydrogens is 368 g/mol. The summed E-state index contributed by atoms with van der Waals surface area (Å²) in [6, 6.07) is 5.65. The lowest BCUT2D eigenvalue weighted by molar-refractivity contribution is -0.130. The Morgan fingerprint density at radius 2 is 1.62 bits per heavy atom. The first kappa shape index (κ1) is 21.5. The number of carbonyl (C=O) groups excluding carboxylic acids is 2. The molecule has 0 radical (unpaired) electrons. The Bertz CT molecular complexity index is 690. The van der Waals surface area contributed by atoms with Gasteiger partial charge in [0, 0.05) is 44.5 Å². The third kappa shape index (κ3) is 6.12. The molecule has 1 aliphatic heterocycles. The zero-order valence-electron chi connectivity index (χ0n) is 17.7. The highest BCUT2D eigenvalue weighted by atomic mass is 16.5. The summed E-state index contributed by atoms with van der Waals surface area (Å²) < 4.78 is 11.6. The maximum absolute atomic E-state index is 12.7. The first-order valence-corrected chi connectivity index (χ1v) is 11.0. The highest BCUT2D eigenvalue weighted by Gasteiger charge is 2.23. The molecule has 1 saturated carbocycles. The molecule has 2 fully saturated rings. The topological polar surface area (TPSA) is 67.9 Å². The zero-order chi connectivity index (χ0) is 20.6. The Balaban J connectivity index is 1.59. The molecule has 1 heterocycles. The molecule has 160 valence electrons. The van der Waals surface area contributed by atoms with Crippen molar-refractivity contribution in [2.45, 2.75) is 76.9 Å². The Morgan fingerprint density at radius 1 is 0.966 bits per heavy atom. The zero-order valence-corrected chi connectivity index (χ0v) is 17.7. The number of hydrogen-bond acceptors (Lipinski definition) is 4. The third-order valence-corrected chi connectivity index (χ3v) is 6.05. The van der Waals surface area contributed by atoms with Gasteiger partial charge in [0.2, 0.25) is 5.91 Å². The molecule has 0 unspecified atom stereocenters. The largest absolute Gasteiger partial charge is 0.493 e. The van der Waals surface area contributed by atoms with Crippen LogP contribution in [0.4, 0.5) is 0 Å². The fourth-order valence-electron chi connectivity index (χ4n) is 4.24. The van der Waals surface area contributed by atoms with E-state index in [-0.39, 0.29) is 24.0 Å². The number of likely N-dealkylation sites (tertiary alicyclic amines) is 1. The Kier molecular flexibility index (Phi) is 7.78. The summed E-state index contributed by atoms with van der Waals surface area (Å²) in [5.41, 5.74) is 0.600. The molecule has 1 aromatic rings. The van der Waals surface area contributed by atoms with E-state index >= 15 is 0 Å². The first-order valence-electron chi connectivity index (χ1n) is 11.0. The molecule has 3 rings (SSSR count). The van der Waals surface area contributed by atoms with Crippen LogP contribution in [0.5, 0.6) is 11.5 Å². The van der Waals surface area contributed by atoms with Crippen LogP contribution in [0.2, 0.25) is 0 Å². The van der Waals surface area contributed by atoms with Crippen LogP contribution >= 0.6 is 0 Å². The molecule has 2 amide bonds. The lowest BCUT2D eigenvalue weighted by Crippen LogP contribution is -2.40. The molecule has 0 spiro atoms. The molecule has 2 aliphatic rings. The lowest BCUT2D eigenvalue weighted by atomic mass is 9.96. The average Bonchev–Trinajstić information content (AvgIpc) is 2.70. The summed E-state index contributed by atoms with van der Waals surface area (Å²) in [5, 5.41) is 3.20. The Labute approximate surface area is 173 Å². The van der Waals surface area contributed by atoms with Gasteiger partial charge in [0.05, 0.1) is 7.11 Å². The van der Waals surface area contributed by atoms with Crippen LogP contribution in [0.3, 0.4) is 0 Å². The van der Waals surface area contributed by atoms with Gasteiger partial charge in [0.15, 0.2) is 11.5 Å². The highest BCUT2D eigenvalue weighted by Crippen LogP contribution is 2.31. The Morgan fingerprint density at radius 3 is 2.24 bits per heavy atom. The number of nitrogens with one attached hydrogen (secondary N) is 1. The van der Waals surface area contributed by atoms with E-state index < -0.39 is 0 Å². The monoisotopic (exact) mass is 402 g/mol. The summed E-state index contributed by atoms with van der Waals surface area (Å²) in [7, 11) is 1.59. The van der Waals surface area contributed by atoms with Gasteiger partial charge < -0.3 is 19.7 Å². The summed E-state index contributed by atoms with van der Waals surface area (Å²) in [6.07, 6.45) is 9.97. The van der Waals surface area contributed by atoms with Crippen molar-refractivity contribution in [3.63, 3.8) is 0 Å². The minimum atomic E-state index is -0.0461. The van der Waals surface area contributed by atoms with Crippen LogP contribution < -0.4 is 14.8 Å². The van der Waals surface area contributed by atoms with E-state index in [0.717, 1.165) is 25.7 Å². The van der Waals surface area contributed by atoms with E-state index in [1.54, 1.807) is 26.2 Å². The van der Waals surface area contributed by atoms with E-state index in [0.29, 0.717) is 30.2 Å². The van der Waals surface area contributed by atoms with E-state index in [1.165, 1.54) is 32.1 Å². The number of nitrogens with zero attached hydrogens (tertiary/aromatic N) is 1. The van der Waals surface area contributed by atoms with Gasteiger partial charge in [0.1, 0.15) is 6.10 Å². The van der Waals surface area contributed by atoms with Crippen LogP contribution in [-0.2, 0) is 4.79 Å². The molecule has 0 bridgehead atoms. The summed E-state index contributed by atoms with van der Waals surface area (Å²) in [4.78, 5) is 26.1. The highest BCUT2D eigenvalue weighted by molar-refractivity contribution is 5.95. The fraction of sp³-hybridized carbons (Fsp3) is 0.652. The quantitative estimate of drug-likeness (QED) is 0.810. The molecular formula is C23H34N2O4. The van der Waals surface area contributed by atoms with Crippen LogP contribution in [0.15, 0.2) is 18.2 Å².